The maximum absolute atomic E-state index is 5.89. The van der Waals surface area contributed by atoms with Gasteiger partial charge < -0.3 is 5.32 Å². The fourth-order valence-corrected chi connectivity index (χ4v) is 2.28. The Balaban J connectivity index is 2.49. The molecule has 84 valence electrons. The van der Waals surface area contributed by atoms with Crippen molar-refractivity contribution < 1.29 is 0 Å². The number of rotatable bonds is 5. The van der Waals surface area contributed by atoms with Crippen LogP contribution in [0, 0.1) is 5.92 Å². The predicted molar refractivity (Wildman–Crippen MR) is 70.3 cm³/mol. The zero-order chi connectivity index (χ0) is 11.3. The third kappa shape index (κ3) is 4.54. The Morgan fingerprint density at radius 2 is 2.13 bits per heavy atom. The zero-order valence-electron chi connectivity index (χ0n) is 9.13. The molecule has 0 fully saturated rings. The highest BCUT2D eigenvalue weighted by atomic mass is 79.9. The van der Waals surface area contributed by atoms with E-state index in [9.17, 15) is 0 Å². The van der Waals surface area contributed by atoms with Crippen LogP contribution in [-0.2, 0) is 6.54 Å². The Morgan fingerprint density at radius 3 is 2.67 bits per heavy atom. The molecule has 1 rings (SSSR count). The van der Waals surface area contributed by atoms with Crippen molar-refractivity contribution in [2.45, 2.75) is 26.4 Å². The van der Waals surface area contributed by atoms with Gasteiger partial charge in [0.2, 0.25) is 0 Å². The van der Waals surface area contributed by atoms with Crippen molar-refractivity contribution in [1.82, 2.24) is 5.32 Å². The maximum atomic E-state index is 5.89. The molecule has 0 aliphatic heterocycles. The first-order chi connectivity index (χ1) is 7.13. The van der Waals surface area contributed by atoms with E-state index >= 15 is 0 Å². The third-order valence-electron chi connectivity index (χ3n) is 2.43. The Morgan fingerprint density at radius 1 is 1.40 bits per heavy atom. The Hall–Kier alpha value is -0.0500. The van der Waals surface area contributed by atoms with Gasteiger partial charge in [0, 0.05) is 22.9 Å². The minimum absolute atomic E-state index is 0.380. The molecule has 0 spiro atoms. The second kappa shape index (κ2) is 6.51. The summed E-state index contributed by atoms with van der Waals surface area (Å²) in [4.78, 5) is 0. The second-order valence-corrected chi connectivity index (χ2v) is 5.24. The minimum atomic E-state index is 0.380. The molecule has 0 saturated carbocycles. The largest absolute Gasteiger partial charge is 0.308 e. The summed E-state index contributed by atoms with van der Waals surface area (Å²) < 4.78 is 1.12. The van der Waals surface area contributed by atoms with Crippen LogP contribution in [0.5, 0.6) is 0 Å². The molecular weight excluding hydrogens is 273 g/mol. The molecular formula is C12H17BrClN. The van der Waals surface area contributed by atoms with E-state index in [1.165, 1.54) is 5.56 Å². The van der Waals surface area contributed by atoms with Gasteiger partial charge in [0.1, 0.15) is 0 Å². The summed E-state index contributed by atoms with van der Waals surface area (Å²) >= 11 is 9.35. The minimum Gasteiger partial charge on any atom is -0.308 e. The number of halogens is 2. The summed E-state index contributed by atoms with van der Waals surface area (Å²) in [6.07, 6.45) is 0. The lowest BCUT2D eigenvalue weighted by Crippen LogP contribution is -2.34. The van der Waals surface area contributed by atoms with Gasteiger partial charge in [0.05, 0.1) is 0 Å². The molecule has 0 aliphatic carbocycles. The average molecular weight is 291 g/mol. The average Bonchev–Trinajstić information content (AvgIpc) is 2.18. The molecule has 1 nitrogen and oxygen atoms in total. The first kappa shape index (κ1) is 13.0. The molecule has 0 amide bonds. The topological polar surface area (TPSA) is 12.0 Å². The highest BCUT2D eigenvalue weighted by Crippen LogP contribution is 2.12. The Labute approximate surface area is 105 Å². The number of alkyl halides is 1. The highest BCUT2D eigenvalue weighted by Gasteiger charge is 2.10. The lowest BCUT2D eigenvalue weighted by atomic mass is 10.1. The summed E-state index contributed by atoms with van der Waals surface area (Å²) in [5, 5.41) is 3.46. The number of benzene rings is 1. The molecule has 1 aromatic rings. The molecule has 0 aromatic heterocycles. The molecule has 1 N–H and O–H groups in total. The SMILES string of the molecule is CC(C)C(CCl)NCc1cccc(Br)c1. The van der Waals surface area contributed by atoms with Crippen molar-refractivity contribution in [2.75, 3.05) is 5.88 Å². The molecule has 0 bridgehead atoms. The number of nitrogens with one attached hydrogen (secondary N) is 1. The van der Waals surface area contributed by atoms with Gasteiger partial charge in [-0.25, -0.2) is 0 Å². The van der Waals surface area contributed by atoms with Gasteiger partial charge >= 0.3 is 0 Å². The summed E-state index contributed by atoms with van der Waals surface area (Å²) in [5.41, 5.74) is 1.28. The van der Waals surface area contributed by atoms with Crippen LogP contribution in [0.1, 0.15) is 19.4 Å². The third-order valence-corrected chi connectivity index (χ3v) is 3.25. The summed E-state index contributed by atoms with van der Waals surface area (Å²) in [6.45, 7) is 5.23. The number of hydrogen-bond donors (Lipinski definition) is 1. The van der Waals surface area contributed by atoms with Gasteiger partial charge in [-0.1, -0.05) is 41.9 Å². The van der Waals surface area contributed by atoms with E-state index in [2.05, 4.69) is 47.2 Å². The molecule has 1 atom stereocenters. The van der Waals surface area contributed by atoms with Gasteiger partial charge in [-0.05, 0) is 23.6 Å². The van der Waals surface area contributed by atoms with E-state index < -0.39 is 0 Å². The van der Waals surface area contributed by atoms with Crippen molar-refractivity contribution in [3.63, 3.8) is 0 Å². The first-order valence-corrected chi connectivity index (χ1v) is 6.50. The first-order valence-electron chi connectivity index (χ1n) is 5.17. The molecule has 0 radical (unpaired) electrons. The molecule has 15 heavy (non-hydrogen) atoms. The maximum Gasteiger partial charge on any atom is 0.0380 e. The molecule has 1 aromatic carbocycles. The normalized spacial score (nSPS) is 13.1. The van der Waals surface area contributed by atoms with E-state index in [0.29, 0.717) is 17.8 Å². The molecule has 0 saturated heterocycles. The fraction of sp³-hybridized carbons (Fsp3) is 0.500. The van der Waals surface area contributed by atoms with Crippen LogP contribution < -0.4 is 5.32 Å². The summed E-state index contributed by atoms with van der Waals surface area (Å²) in [6, 6.07) is 8.70. The van der Waals surface area contributed by atoms with E-state index in [4.69, 9.17) is 11.6 Å². The zero-order valence-corrected chi connectivity index (χ0v) is 11.5. The van der Waals surface area contributed by atoms with Crippen molar-refractivity contribution in [3.05, 3.63) is 34.3 Å². The smallest absolute Gasteiger partial charge is 0.0380 e. The summed E-state index contributed by atoms with van der Waals surface area (Å²) in [5.74, 6) is 1.22. The van der Waals surface area contributed by atoms with Gasteiger partial charge in [0.15, 0.2) is 0 Å². The van der Waals surface area contributed by atoms with E-state index in [1.807, 2.05) is 12.1 Å². The predicted octanol–water partition coefficient (Wildman–Crippen LogP) is 3.80. The lowest BCUT2D eigenvalue weighted by molar-refractivity contribution is 0.430. The van der Waals surface area contributed by atoms with Gasteiger partial charge in [-0.3, -0.25) is 0 Å². The molecule has 0 heterocycles. The van der Waals surface area contributed by atoms with Gasteiger partial charge in [-0.15, -0.1) is 11.6 Å². The van der Waals surface area contributed by atoms with Crippen LogP contribution in [0.3, 0.4) is 0 Å². The molecule has 3 heteroatoms. The Kier molecular flexibility index (Phi) is 5.65. The van der Waals surface area contributed by atoms with Crippen LogP contribution in [0.4, 0.5) is 0 Å². The van der Waals surface area contributed by atoms with Crippen LogP contribution in [0.2, 0.25) is 0 Å². The highest BCUT2D eigenvalue weighted by molar-refractivity contribution is 9.10. The monoisotopic (exact) mass is 289 g/mol. The lowest BCUT2D eigenvalue weighted by Gasteiger charge is -2.19. The fourth-order valence-electron chi connectivity index (χ4n) is 1.36. The number of hydrogen-bond acceptors (Lipinski definition) is 1. The van der Waals surface area contributed by atoms with E-state index in [1.54, 1.807) is 0 Å². The van der Waals surface area contributed by atoms with Crippen LogP contribution in [-0.4, -0.2) is 11.9 Å². The van der Waals surface area contributed by atoms with Gasteiger partial charge in [-0.2, -0.15) is 0 Å². The van der Waals surface area contributed by atoms with Crippen LogP contribution in [0.25, 0.3) is 0 Å². The molecule has 0 aliphatic rings. The second-order valence-electron chi connectivity index (χ2n) is 4.02. The van der Waals surface area contributed by atoms with Crippen LogP contribution in [0.15, 0.2) is 28.7 Å². The van der Waals surface area contributed by atoms with Crippen molar-refractivity contribution >= 4 is 27.5 Å². The van der Waals surface area contributed by atoms with E-state index in [0.717, 1.165) is 11.0 Å². The van der Waals surface area contributed by atoms with Crippen molar-refractivity contribution in [2.24, 2.45) is 5.92 Å². The Bertz CT molecular complexity index is 301. The van der Waals surface area contributed by atoms with Crippen LogP contribution >= 0.6 is 27.5 Å². The standard InChI is InChI=1S/C12H17BrClN/c1-9(2)12(7-14)15-8-10-4-3-5-11(13)6-10/h3-6,9,12,15H,7-8H2,1-2H3. The summed E-state index contributed by atoms with van der Waals surface area (Å²) in [7, 11) is 0. The molecule has 1 unspecified atom stereocenters. The van der Waals surface area contributed by atoms with Crippen molar-refractivity contribution in [1.29, 1.82) is 0 Å². The van der Waals surface area contributed by atoms with Gasteiger partial charge in [0.25, 0.3) is 0 Å². The quantitative estimate of drug-likeness (QED) is 0.813. The van der Waals surface area contributed by atoms with Crippen molar-refractivity contribution in [3.8, 4) is 0 Å². The van der Waals surface area contributed by atoms with E-state index in [-0.39, 0.29) is 0 Å².